The summed E-state index contributed by atoms with van der Waals surface area (Å²) in [6, 6.07) is 0. The topological polar surface area (TPSA) is 30.5 Å². The normalized spacial score (nSPS) is 31.3. The van der Waals surface area contributed by atoms with E-state index in [9.17, 15) is 0 Å². The minimum Gasteiger partial charge on any atom is -0.375 e. The van der Waals surface area contributed by atoms with Crippen LogP contribution in [0.15, 0.2) is 0 Å². The largest absolute Gasteiger partial charge is 0.375 e. The van der Waals surface area contributed by atoms with Crippen molar-refractivity contribution in [3.8, 4) is 0 Å². The molecule has 3 nitrogen and oxygen atoms in total. The zero-order chi connectivity index (χ0) is 13.8. The fraction of sp³-hybridized carbons (Fsp3) is 1.00. The van der Waals surface area contributed by atoms with E-state index in [1.807, 2.05) is 0 Å². The molecule has 1 heterocycles. The molecule has 0 aromatic rings. The Kier molecular flexibility index (Phi) is 6.09. The second-order valence-electron chi connectivity index (χ2n) is 6.65. The van der Waals surface area contributed by atoms with Crippen LogP contribution < -0.4 is 5.32 Å². The lowest BCUT2D eigenvalue weighted by Gasteiger charge is -2.35. The Labute approximate surface area is 113 Å². The maximum atomic E-state index is 6.23. The lowest BCUT2D eigenvalue weighted by molar-refractivity contribution is -0.121. The molecule has 1 aliphatic heterocycles. The maximum absolute atomic E-state index is 6.23. The fourth-order valence-electron chi connectivity index (χ4n) is 2.44. The van der Waals surface area contributed by atoms with E-state index >= 15 is 0 Å². The number of rotatable bonds is 5. The van der Waals surface area contributed by atoms with Crippen LogP contribution in [0.3, 0.4) is 0 Å². The average molecular weight is 257 g/mol. The highest BCUT2D eigenvalue weighted by atomic mass is 16.5. The van der Waals surface area contributed by atoms with E-state index in [2.05, 4.69) is 46.9 Å². The standard InChI is InChI=1S/C15H31NO2/c1-7-13(10-16-15(4,5)6)18-14-8-11(2)17-12(3)9-14/h11-14,16H,7-10H2,1-6H3. The lowest BCUT2D eigenvalue weighted by Crippen LogP contribution is -2.44. The van der Waals surface area contributed by atoms with Crippen LogP contribution in [0.1, 0.15) is 60.8 Å². The third-order valence-electron chi connectivity index (χ3n) is 3.35. The van der Waals surface area contributed by atoms with Crippen LogP contribution in [0.4, 0.5) is 0 Å². The molecule has 0 aliphatic carbocycles. The first-order chi connectivity index (χ1) is 8.30. The van der Waals surface area contributed by atoms with Crippen molar-refractivity contribution < 1.29 is 9.47 Å². The van der Waals surface area contributed by atoms with Crippen molar-refractivity contribution in [1.82, 2.24) is 5.32 Å². The van der Waals surface area contributed by atoms with Crippen LogP contribution in [0.25, 0.3) is 0 Å². The van der Waals surface area contributed by atoms with E-state index in [4.69, 9.17) is 9.47 Å². The number of hydrogen-bond donors (Lipinski definition) is 1. The summed E-state index contributed by atoms with van der Waals surface area (Å²) in [5.41, 5.74) is 0.160. The second kappa shape index (κ2) is 6.88. The molecule has 0 amide bonds. The molecule has 0 bridgehead atoms. The van der Waals surface area contributed by atoms with E-state index in [1.54, 1.807) is 0 Å². The van der Waals surface area contributed by atoms with Gasteiger partial charge in [-0.3, -0.25) is 0 Å². The molecule has 1 aliphatic rings. The monoisotopic (exact) mass is 257 g/mol. The van der Waals surface area contributed by atoms with Crippen LogP contribution in [0.5, 0.6) is 0 Å². The van der Waals surface area contributed by atoms with Gasteiger partial charge in [0.05, 0.1) is 24.4 Å². The molecule has 0 aromatic carbocycles. The third kappa shape index (κ3) is 6.17. The molecule has 3 heteroatoms. The van der Waals surface area contributed by atoms with Gasteiger partial charge < -0.3 is 14.8 Å². The maximum Gasteiger partial charge on any atom is 0.0700 e. The Hall–Kier alpha value is -0.120. The Bertz CT molecular complexity index is 227. The molecule has 1 rings (SSSR count). The molecule has 0 saturated carbocycles. The molecule has 0 radical (unpaired) electrons. The van der Waals surface area contributed by atoms with E-state index in [-0.39, 0.29) is 5.54 Å². The average Bonchev–Trinajstić information content (AvgIpc) is 2.21. The van der Waals surface area contributed by atoms with E-state index < -0.39 is 0 Å². The van der Waals surface area contributed by atoms with Crippen molar-refractivity contribution in [3.63, 3.8) is 0 Å². The Morgan fingerprint density at radius 1 is 1.22 bits per heavy atom. The summed E-state index contributed by atoms with van der Waals surface area (Å²) < 4.78 is 12.0. The van der Waals surface area contributed by atoms with Gasteiger partial charge in [-0.15, -0.1) is 0 Å². The summed E-state index contributed by atoms with van der Waals surface area (Å²) in [7, 11) is 0. The summed E-state index contributed by atoms with van der Waals surface area (Å²) >= 11 is 0. The summed E-state index contributed by atoms with van der Waals surface area (Å²) in [6.45, 7) is 14.0. The number of hydrogen-bond acceptors (Lipinski definition) is 3. The predicted octanol–water partition coefficient (Wildman–Crippen LogP) is 3.13. The van der Waals surface area contributed by atoms with Crippen LogP contribution in [0.2, 0.25) is 0 Å². The molecule has 108 valence electrons. The molecule has 1 fully saturated rings. The van der Waals surface area contributed by atoms with Gasteiger partial charge in [-0.1, -0.05) is 6.92 Å². The molecular weight excluding hydrogens is 226 g/mol. The second-order valence-corrected chi connectivity index (χ2v) is 6.65. The SMILES string of the molecule is CCC(CNC(C)(C)C)OC1CC(C)OC(C)C1. The van der Waals surface area contributed by atoms with Crippen molar-refractivity contribution in [1.29, 1.82) is 0 Å². The molecule has 18 heavy (non-hydrogen) atoms. The van der Waals surface area contributed by atoms with Gasteiger partial charge in [0.2, 0.25) is 0 Å². The quantitative estimate of drug-likeness (QED) is 0.821. The highest BCUT2D eigenvalue weighted by molar-refractivity contribution is 4.77. The van der Waals surface area contributed by atoms with Gasteiger partial charge in [0.1, 0.15) is 0 Å². The molecule has 1 N–H and O–H groups in total. The van der Waals surface area contributed by atoms with Gasteiger partial charge in [0.15, 0.2) is 0 Å². The zero-order valence-electron chi connectivity index (χ0n) is 13.0. The first kappa shape index (κ1) is 15.9. The fourth-order valence-corrected chi connectivity index (χ4v) is 2.44. The summed E-state index contributed by atoms with van der Waals surface area (Å²) in [4.78, 5) is 0. The molecule has 3 atom stereocenters. The third-order valence-corrected chi connectivity index (χ3v) is 3.35. The molecule has 3 unspecified atom stereocenters. The number of nitrogens with one attached hydrogen (secondary N) is 1. The van der Waals surface area contributed by atoms with Gasteiger partial charge in [-0.25, -0.2) is 0 Å². The van der Waals surface area contributed by atoms with Crippen LogP contribution in [-0.2, 0) is 9.47 Å². The number of ether oxygens (including phenoxy) is 2. The van der Waals surface area contributed by atoms with Crippen LogP contribution >= 0.6 is 0 Å². The summed E-state index contributed by atoms with van der Waals surface area (Å²) in [5, 5.41) is 3.53. The minimum absolute atomic E-state index is 0.160. The first-order valence-electron chi connectivity index (χ1n) is 7.36. The molecule has 0 spiro atoms. The van der Waals surface area contributed by atoms with Crippen molar-refractivity contribution >= 4 is 0 Å². The molecule has 0 aromatic heterocycles. The Morgan fingerprint density at radius 2 is 1.78 bits per heavy atom. The first-order valence-corrected chi connectivity index (χ1v) is 7.36. The van der Waals surface area contributed by atoms with Gasteiger partial charge in [0.25, 0.3) is 0 Å². The van der Waals surface area contributed by atoms with Crippen LogP contribution in [-0.4, -0.2) is 36.5 Å². The zero-order valence-corrected chi connectivity index (χ0v) is 13.0. The van der Waals surface area contributed by atoms with Crippen molar-refractivity contribution in [2.24, 2.45) is 0 Å². The highest BCUT2D eigenvalue weighted by Gasteiger charge is 2.27. The van der Waals surface area contributed by atoms with Crippen LogP contribution in [0, 0.1) is 0 Å². The smallest absolute Gasteiger partial charge is 0.0700 e. The molecular formula is C15H31NO2. The Balaban J connectivity index is 2.37. The van der Waals surface area contributed by atoms with Gasteiger partial charge >= 0.3 is 0 Å². The van der Waals surface area contributed by atoms with E-state index in [0.717, 1.165) is 25.8 Å². The van der Waals surface area contributed by atoms with E-state index in [1.165, 1.54) is 0 Å². The summed E-state index contributed by atoms with van der Waals surface area (Å²) in [6.07, 6.45) is 4.43. The van der Waals surface area contributed by atoms with Gasteiger partial charge in [-0.2, -0.15) is 0 Å². The highest BCUT2D eigenvalue weighted by Crippen LogP contribution is 2.23. The van der Waals surface area contributed by atoms with Crippen molar-refractivity contribution in [2.45, 2.75) is 90.8 Å². The predicted molar refractivity (Wildman–Crippen MR) is 76.0 cm³/mol. The van der Waals surface area contributed by atoms with Crippen molar-refractivity contribution in [2.75, 3.05) is 6.54 Å². The summed E-state index contributed by atoms with van der Waals surface area (Å²) in [5.74, 6) is 0. The Morgan fingerprint density at radius 3 is 2.22 bits per heavy atom. The molecule has 1 saturated heterocycles. The van der Waals surface area contributed by atoms with E-state index in [0.29, 0.717) is 24.4 Å². The lowest BCUT2D eigenvalue weighted by atomic mass is 10.0. The van der Waals surface area contributed by atoms with Crippen molar-refractivity contribution in [3.05, 3.63) is 0 Å². The van der Waals surface area contributed by atoms with Gasteiger partial charge in [-0.05, 0) is 53.9 Å². The minimum atomic E-state index is 0.160. The van der Waals surface area contributed by atoms with Gasteiger partial charge in [0, 0.05) is 12.1 Å².